The van der Waals surface area contributed by atoms with Crippen LogP contribution in [0.15, 0.2) is 58.4 Å². The highest BCUT2D eigenvalue weighted by molar-refractivity contribution is 8.18. The normalized spacial score (nSPS) is 18.0. The molecule has 2 aromatic rings. The maximum Gasteiger partial charge on any atom is 0.264 e. The van der Waals surface area contributed by atoms with Gasteiger partial charge in [-0.25, -0.2) is 4.99 Å². The lowest BCUT2D eigenvalue weighted by Gasteiger charge is -1.99. The van der Waals surface area contributed by atoms with Gasteiger partial charge in [-0.05, 0) is 54.1 Å². The molecule has 1 heterocycles. The first-order chi connectivity index (χ1) is 10.6. The number of carbonyl (C=O) groups excluding carboxylic acids is 1. The molecule has 1 fully saturated rings. The Labute approximate surface area is 138 Å². The number of benzene rings is 2. The molecule has 3 nitrogen and oxygen atoms in total. The molecule has 22 heavy (non-hydrogen) atoms. The lowest BCUT2D eigenvalue weighted by atomic mass is 10.2. The third kappa shape index (κ3) is 3.40. The first-order valence-corrected chi connectivity index (χ1v) is 7.92. The average molecular weight is 329 g/mol. The molecule has 0 radical (unpaired) electrons. The van der Waals surface area contributed by atoms with E-state index >= 15 is 0 Å². The largest absolute Gasteiger partial charge is 0.300 e. The number of amides is 1. The van der Waals surface area contributed by atoms with Crippen molar-refractivity contribution >= 4 is 46.2 Å². The quantitative estimate of drug-likeness (QED) is 0.822. The van der Waals surface area contributed by atoms with E-state index < -0.39 is 0 Å². The van der Waals surface area contributed by atoms with Crippen molar-refractivity contribution in [1.82, 2.24) is 5.32 Å². The van der Waals surface area contributed by atoms with Gasteiger partial charge in [0.05, 0.1) is 10.6 Å². The Morgan fingerprint density at radius 2 is 1.86 bits per heavy atom. The highest BCUT2D eigenvalue weighted by Crippen LogP contribution is 2.29. The third-order valence-electron chi connectivity index (χ3n) is 3.16. The number of hydrogen-bond donors (Lipinski definition) is 1. The smallest absolute Gasteiger partial charge is 0.264 e. The Morgan fingerprint density at radius 3 is 2.59 bits per heavy atom. The highest BCUT2D eigenvalue weighted by Gasteiger charge is 2.23. The van der Waals surface area contributed by atoms with Gasteiger partial charge in [0.25, 0.3) is 5.91 Å². The predicted octanol–water partition coefficient (Wildman–Crippen LogP) is 4.54. The molecule has 1 N–H and O–H groups in total. The average Bonchev–Trinajstić information content (AvgIpc) is 2.84. The van der Waals surface area contributed by atoms with Crippen LogP contribution in [0.2, 0.25) is 5.02 Å². The molecule has 1 aliphatic rings. The minimum absolute atomic E-state index is 0.132. The van der Waals surface area contributed by atoms with Crippen molar-refractivity contribution in [2.24, 2.45) is 4.99 Å². The first-order valence-electron chi connectivity index (χ1n) is 6.72. The fourth-order valence-corrected chi connectivity index (χ4v) is 2.95. The van der Waals surface area contributed by atoms with Gasteiger partial charge >= 0.3 is 0 Å². The van der Waals surface area contributed by atoms with E-state index in [0.717, 1.165) is 16.8 Å². The number of nitrogens with one attached hydrogen (secondary N) is 1. The van der Waals surface area contributed by atoms with Gasteiger partial charge in [-0.15, -0.1) is 0 Å². The number of rotatable bonds is 2. The molecule has 2 aromatic carbocycles. The van der Waals surface area contributed by atoms with Crippen LogP contribution >= 0.6 is 23.4 Å². The summed E-state index contributed by atoms with van der Waals surface area (Å²) in [5, 5.41) is 4.06. The Balaban J connectivity index is 1.84. The molecule has 0 unspecified atom stereocenters. The van der Waals surface area contributed by atoms with Crippen molar-refractivity contribution in [3.63, 3.8) is 0 Å². The summed E-state index contributed by atoms with van der Waals surface area (Å²) in [5.41, 5.74) is 2.86. The molecule has 0 saturated carbocycles. The van der Waals surface area contributed by atoms with Crippen molar-refractivity contribution in [1.29, 1.82) is 0 Å². The maximum absolute atomic E-state index is 12.0. The van der Waals surface area contributed by atoms with Gasteiger partial charge in [0, 0.05) is 5.02 Å². The number of carbonyl (C=O) groups is 1. The molecule has 0 bridgehead atoms. The zero-order chi connectivity index (χ0) is 15.5. The summed E-state index contributed by atoms with van der Waals surface area (Å²) in [6, 6.07) is 15.2. The highest BCUT2D eigenvalue weighted by atomic mass is 35.5. The van der Waals surface area contributed by atoms with Crippen LogP contribution in [-0.4, -0.2) is 11.1 Å². The molecule has 110 valence electrons. The summed E-state index contributed by atoms with van der Waals surface area (Å²) >= 11 is 7.20. The topological polar surface area (TPSA) is 41.5 Å². The van der Waals surface area contributed by atoms with Crippen LogP contribution in [0, 0.1) is 6.92 Å². The van der Waals surface area contributed by atoms with E-state index in [0.29, 0.717) is 15.1 Å². The fourth-order valence-electron chi connectivity index (χ4n) is 1.99. The summed E-state index contributed by atoms with van der Waals surface area (Å²) in [6.07, 6.45) is 1.83. The van der Waals surface area contributed by atoms with E-state index in [4.69, 9.17) is 11.6 Å². The molecule has 0 aliphatic carbocycles. The Bertz CT molecular complexity index is 782. The lowest BCUT2D eigenvalue weighted by molar-refractivity contribution is -0.115. The van der Waals surface area contributed by atoms with Crippen molar-refractivity contribution in [2.75, 3.05) is 0 Å². The third-order valence-corrected chi connectivity index (χ3v) is 4.32. The number of aliphatic imine (C=N–C) groups is 1. The monoisotopic (exact) mass is 328 g/mol. The molecule has 0 aromatic heterocycles. The molecule has 1 saturated heterocycles. The Morgan fingerprint density at radius 1 is 1.14 bits per heavy atom. The van der Waals surface area contributed by atoms with Crippen molar-refractivity contribution < 1.29 is 4.79 Å². The van der Waals surface area contributed by atoms with Gasteiger partial charge in [0.1, 0.15) is 0 Å². The summed E-state index contributed by atoms with van der Waals surface area (Å²) in [7, 11) is 0. The van der Waals surface area contributed by atoms with Gasteiger partial charge < -0.3 is 5.32 Å². The van der Waals surface area contributed by atoms with E-state index in [1.165, 1.54) is 11.8 Å². The Kier molecular flexibility index (Phi) is 4.32. The number of hydrogen-bond acceptors (Lipinski definition) is 3. The number of halogens is 1. The molecule has 0 spiro atoms. The number of thioether (sulfide) groups is 1. The van der Waals surface area contributed by atoms with E-state index in [2.05, 4.69) is 10.3 Å². The van der Waals surface area contributed by atoms with Crippen molar-refractivity contribution in [3.05, 3.63) is 69.6 Å². The summed E-state index contributed by atoms with van der Waals surface area (Å²) < 4.78 is 0. The molecule has 5 heteroatoms. The van der Waals surface area contributed by atoms with E-state index in [9.17, 15) is 4.79 Å². The Hall–Kier alpha value is -2.04. The maximum atomic E-state index is 12.0. The molecular formula is C17H13ClN2OS. The minimum atomic E-state index is -0.132. The van der Waals surface area contributed by atoms with Crippen molar-refractivity contribution in [2.45, 2.75) is 6.92 Å². The molecule has 1 amide bonds. The second-order valence-corrected chi connectivity index (χ2v) is 6.29. The molecule has 1 aliphatic heterocycles. The van der Waals surface area contributed by atoms with Crippen LogP contribution in [0.5, 0.6) is 0 Å². The van der Waals surface area contributed by atoms with Crippen molar-refractivity contribution in [3.8, 4) is 0 Å². The zero-order valence-electron chi connectivity index (χ0n) is 11.8. The van der Waals surface area contributed by atoms with Gasteiger partial charge in [-0.1, -0.05) is 41.9 Å². The predicted molar refractivity (Wildman–Crippen MR) is 93.4 cm³/mol. The van der Waals surface area contributed by atoms with Crippen LogP contribution < -0.4 is 5.32 Å². The van der Waals surface area contributed by atoms with Gasteiger partial charge in [-0.3, -0.25) is 4.79 Å². The summed E-state index contributed by atoms with van der Waals surface area (Å²) in [6.45, 7) is 1.99. The van der Waals surface area contributed by atoms with Gasteiger partial charge in [0.15, 0.2) is 5.17 Å². The first kappa shape index (κ1) is 14.9. The second-order valence-electron chi connectivity index (χ2n) is 4.82. The van der Waals surface area contributed by atoms with E-state index in [-0.39, 0.29) is 5.91 Å². The number of amidine groups is 1. The molecular weight excluding hydrogens is 316 g/mol. The van der Waals surface area contributed by atoms with Gasteiger partial charge in [0.2, 0.25) is 0 Å². The fraction of sp³-hybridized carbons (Fsp3) is 0.0588. The standard InChI is InChI=1S/C17H13ClN2OS/c1-11-4-2-3-5-14(11)19-17-20-16(21)15(22-17)10-12-6-8-13(18)9-7-12/h2-10H,1H3,(H,19,20,21)/b15-10-. The van der Waals surface area contributed by atoms with Crippen LogP contribution in [0.1, 0.15) is 11.1 Å². The van der Waals surface area contributed by atoms with Crippen LogP contribution in [0.25, 0.3) is 6.08 Å². The van der Waals surface area contributed by atoms with Crippen LogP contribution in [0.3, 0.4) is 0 Å². The molecule has 0 atom stereocenters. The number of nitrogens with zero attached hydrogens (tertiary/aromatic N) is 1. The number of aryl methyl sites for hydroxylation is 1. The lowest BCUT2D eigenvalue weighted by Crippen LogP contribution is -2.19. The molecule has 3 rings (SSSR count). The van der Waals surface area contributed by atoms with Crippen LogP contribution in [0.4, 0.5) is 5.69 Å². The second kappa shape index (κ2) is 6.38. The van der Waals surface area contributed by atoms with E-state index in [1.54, 1.807) is 12.1 Å². The number of para-hydroxylation sites is 1. The summed E-state index contributed by atoms with van der Waals surface area (Å²) in [5.74, 6) is -0.132. The summed E-state index contributed by atoms with van der Waals surface area (Å²) in [4.78, 5) is 17.1. The SMILES string of the molecule is Cc1ccccc1N=C1NC(=O)/C(=C/c2ccc(Cl)cc2)S1. The van der Waals surface area contributed by atoms with Crippen LogP contribution in [-0.2, 0) is 4.79 Å². The zero-order valence-corrected chi connectivity index (χ0v) is 13.4. The minimum Gasteiger partial charge on any atom is -0.300 e. The van der Waals surface area contributed by atoms with Gasteiger partial charge in [-0.2, -0.15) is 0 Å². The van der Waals surface area contributed by atoms with E-state index in [1.807, 2.05) is 49.4 Å².